The summed E-state index contributed by atoms with van der Waals surface area (Å²) in [6, 6.07) is 2.28. The predicted octanol–water partition coefficient (Wildman–Crippen LogP) is 2.75. The highest BCUT2D eigenvalue weighted by Crippen LogP contribution is 2.29. The van der Waals surface area contributed by atoms with Crippen molar-refractivity contribution >= 4 is 10.9 Å². The zero-order valence-corrected chi connectivity index (χ0v) is 8.43. The van der Waals surface area contributed by atoms with Crippen molar-refractivity contribution < 1.29 is 0 Å². The van der Waals surface area contributed by atoms with Crippen molar-refractivity contribution in [3.05, 3.63) is 29.0 Å². The first-order valence-corrected chi connectivity index (χ1v) is 5.30. The van der Waals surface area contributed by atoms with Crippen molar-refractivity contribution in [3.63, 3.8) is 0 Å². The van der Waals surface area contributed by atoms with E-state index in [4.69, 9.17) is 0 Å². The standard InChI is InChI=1S/C12H14N2/c1-8-10-5-3-2-4-9(10)6-12-11(8)7-13-14-12/h6-7H,2-5H2,1H3,(H,13,14). The van der Waals surface area contributed by atoms with Crippen LogP contribution in [-0.4, -0.2) is 10.2 Å². The Labute approximate surface area is 83.3 Å². The fourth-order valence-corrected chi connectivity index (χ4v) is 2.56. The molecule has 3 rings (SSSR count). The molecule has 2 heteroatoms. The van der Waals surface area contributed by atoms with Gasteiger partial charge in [-0.05, 0) is 55.4 Å². The zero-order valence-electron chi connectivity index (χ0n) is 8.43. The van der Waals surface area contributed by atoms with Crippen LogP contribution in [0.25, 0.3) is 10.9 Å². The molecule has 14 heavy (non-hydrogen) atoms. The molecule has 0 unspecified atom stereocenters. The number of hydrogen-bond acceptors (Lipinski definition) is 1. The third kappa shape index (κ3) is 0.999. The molecular weight excluding hydrogens is 172 g/mol. The van der Waals surface area contributed by atoms with Crippen LogP contribution in [0.3, 0.4) is 0 Å². The number of rotatable bonds is 0. The first kappa shape index (κ1) is 8.04. The van der Waals surface area contributed by atoms with Crippen LogP contribution in [0.1, 0.15) is 29.5 Å². The maximum Gasteiger partial charge on any atom is 0.0655 e. The largest absolute Gasteiger partial charge is 0.278 e. The summed E-state index contributed by atoms with van der Waals surface area (Å²) < 4.78 is 0. The molecule has 1 N–H and O–H groups in total. The number of hydrogen-bond donors (Lipinski definition) is 1. The number of nitrogens with one attached hydrogen (secondary N) is 1. The molecule has 0 amide bonds. The van der Waals surface area contributed by atoms with Crippen LogP contribution in [0.4, 0.5) is 0 Å². The van der Waals surface area contributed by atoms with E-state index >= 15 is 0 Å². The lowest BCUT2D eigenvalue weighted by molar-refractivity contribution is 0.683. The average molecular weight is 186 g/mol. The minimum atomic E-state index is 1.20. The topological polar surface area (TPSA) is 28.7 Å². The van der Waals surface area contributed by atoms with Gasteiger partial charge in [0, 0.05) is 5.39 Å². The molecular formula is C12H14N2. The summed E-state index contributed by atoms with van der Waals surface area (Å²) in [6.45, 7) is 2.22. The van der Waals surface area contributed by atoms with Gasteiger partial charge in [-0.3, -0.25) is 5.10 Å². The molecule has 0 atom stereocenters. The van der Waals surface area contributed by atoms with Gasteiger partial charge >= 0.3 is 0 Å². The quantitative estimate of drug-likeness (QED) is 0.673. The van der Waals surface area contributed by atoms with Crippen molar-refractivity contribution in [2.24, 2.45) is 0 Å². The molecule has 0 bridgehead atoms. The van der Waals surface area contributed by atoms with E-state index in [1.54, 1.807) is 5.56 Å². The zero-order chi connectivity index (χ0) is 9.54. The normalized spacial score (nSPS) is 15.8. The first-order chi connectivity index (χ1) is 6.86. The Bertz CT molecular complexity index is 482. The molecule has 1 aliphatic rings. The van der Waals surface area contributed by atoms with Crippen molar-refractivity contribution in [2.45, 2.75) is 32.6 Å². The van der Waals surface area contributed by atoms with Crippen LogP contribution in [0.2, 0.25) is 0 Å². The molecule has 0 saturated heterocycles. The van der Waals surface area contributed by atoms with E-state index in [0.717, 1.165) is 0 Å². The maximum absolute atomic E-state index is 4.11. The second kappa shape index (κ2) is 2.84. The van der Waals surface area contributed by atoms with Gasteiger partial charge in [0.2, 0.25) is 0 Å². The van der Waals surface area contributed by atoms with Gasteiger partial charge in [0.15, 0.2) is 0 Å². The van der Waals surface area contributed by atoms with Gasteiger partial charge in [0.1, 0.15) is 0 Å². The Morgan fingerprint density at radius 3 is 3.07 bits per heavy atom. The first-order valence-electron chi connectivity index (χ1n) is 5.30. The maximum atomic E-state index is 4.11. The number of aromatic nitrogens is 2. The van der Waals surface area contributed by atoms with Crippen molar-refractivity contribution in [1.82, 2.24) is 10.2 Å². The highest BCUT2D eigenvalue weighted by Gasteiger charge is 2.14. The number of H-pyrrole nitrogens is 1. The highest BCUT2D eigenvalue weighted by molar-refractivity contribution is 5.83. The van der Waals surface area contributed by atoms with Gasteiger partial charge in [-0.25, -0.2) is 0 Å². The Hall–Kier alpha value is -1.31. The summed E-state index contributed by atoms with van der Waals surface area (Å²) in [6.07, 6.45) is 7.12. The van der Waals surface area contributed by atoms with Crippen LogP contribution in [0.15, 0.2) is 12.3 Å². The molecule has 1 aromatic heterocycles. The van der Waals surface area contributed by atoms with Crippen LogP contribution in [0.5, 0.6) is 0 Å². The van der Waals surface area contributed by atoms with E-state index in [2.05, 4.69) is 23.2 Å². The van der Waals surface area contributed by atoms with Gasteiger partial charge in [-0.1, -0.05) is 0 Å². The molecule has 2 nitrogen and oxygen atoms in total. The van der Waals surface area contributed by atoms with Crippen LogP contribution < -0.4 is 0 Å². The van der Waals surface area contributed by atoms with Gasteiger partial charge in [-0.2, -0.15) is 5.10 Å². The lowest BCUT2D eigenvalue weighted by Gasteiger charge is -2.18. The van der Waals surface area contributed by atoms with E-state index in [9.17, 15) is 0 Å². The third-order valence-corrected chi connectivity index (χ3v) is 3.35. The summed E-state index contributed by atoms with van der Waals surface area (Å²) in [5, 5.41) is 8.47. The number of fused-ring (bicyclic) bond motifs is 2. The van der Waals surface area contributed by atoms with E-state index in [1.165, 1.54) is 47.7 Å². The molecule has 2 aromatic rings. The average Bonchev–Trinajstić information content (AvgIpc) is 2.66. The van der Waals surface area contributed by atoms with Crippen molar-refractivity contribution in [1.29, 1.82) is 0 Å². The molecule has 1 aliphatic carbocycles. The molecule has 0 fully saturated rings. The summed E-state index contributed by atoms with van der Waals surface area (Å²) in [7, 11) is 0. The van der Waals surface area contributed by atoms with E-state index < -0.39 is 0 Å². The minimum Gasteiger partial charge on any atom is -0.278 e. The summed E-state index contributed by atoms with van der Waals surface area (Å²) >= 11 is 0. The second-order valence-corrected chi connectivity index (χ2v) is 4.18. The van der Waals surface area contributed by atoms with E-state index in [-0.39, 0.29) is 0 Å². The SMILES string of the molecule is Cc1c2c(cc3[nH]ncc13)CCCC2. The molecule has 0 radical (unpaired) electrons. The summed E-state index contributed by atoms with van der Waals surface area (Å²) in [5.41, 5.74) is 5.74. The van der Waals surface area contributed by atoms with Gasteiger partial charge in [-0.15, -0.1) is 0 Å². The number of benzene rings is 1. The predicted molar refractivity (Wildman–Crippen MR) is 57.5 cm³/mol. The van der Waals surface area contributed by atoms with Crippen LogP contribution >= 0.6 is 0 Å². The number of nitrogens with zero attached hydrogens (tertiary/aromatic N) is 1. The highest BCUT2D eigenvalue weighted by atomic mass is 15.1. The Kier molecular flexibility index (Phi) is 1.63. The van der Waals surface area contributed by atoms with E-state index in [0.29, 0.717) is 0 Å². The second-order valence-electron chi connectivity index (χ2n) is 4.18. The lowest BCUT2D eigenvalue weighted by atomic mass is 9.87. The monoisotopic (exact) mass is 186 g/mol. The molecule has 1 aromatic carbocycles. The smallest absolute Gasteiger partial charge is 0.0655 e. The van der Waals surface area contributed by atoms with E-state index in [1.807, 2.05) is 6.20 Å². The van der Waals surface area contributed by atoms with Crippen LogP contribution in [-0.2, 0) is 12.8 Å². The Morgan fingerprint density at radius 2 is 2.14 bits per heavy atom. The molecule has 0 saturated carbocycles. The fourth-order valence-electron chi connectivity index (χ4n) is 2.56. The molecule has 1 heterocycles. The van der Waals surface area contributed by atoms with Crippen LogP contribution in [0, 0.1) is 6.92 Å². The van der Waals surface area contributed by atoms with Crippen molar-refractivity contribution in [3.8, 4) is 0 Å². The Morgan fingerprint density at radius 1 is 1.29 bits per heavy atom. The molecule has 72 valence electrons. The molecule has 0 spiro atoms. The number of aromatic amines is 1. The van der Waals surface area contributed by atoms with Gasteiger partial charge < -0.3 is 0 Å². The third-order valence-electron chi connectivity index (χ3n) is 3.35. The lowest BCUT2D eigenvalue weighted by Crippen LogP contribution is -2.04. The van der Waals surface area contributed by atoms with Gasteiger partial charge in [0.05, 0.1) is 11.7 Å². The summed E-state index contributed by atoms with van der Waals surface area (Å²) in [5.74, 6) is 0. The fraction of sp³-hybridized carbons (Fsp3) is 0.417. The summed E-state index contributed by atoms with van der Waals surface area (Å²) in [4.78, 5) is 0. The minimum absolute atomic E-state index is 1.20. The molecule has 0 aliphatic heterocycles. The Balaban J connectivity index is 2.36. The number of aryl methyl sites for hydroxylation is 2. The van der Waals surface area contributed by atoms with Crippen molar-refractivity contribution in [2.75, 3.05) is 0 Å². The van der Waals surface area contributed by atoms with Gasteiger partial charge in [0.25, 0.3) is 0 Å².